The summed E-state index contributed by atoms with van der Waals surface area (Å²) in [6.07, 6.45) is 2.33. The van der Waals surface area contributed by atoms with E-state index in [0.717, 1.165) is 15.9 Å². The molecule has 2 N–H and O–H groups in total. The van der Waals surface area contributed by atoms with Crippen LogP contribution in [0.5, 0.6) is 5.75 Å². The first kappa shape index (κ1) is 28.9. The van der Waals surface area contributed by atoms with Gasteiger partial charge < -0.3 is 10.2 Å². The van der Waals surface area contributed by atoms with Crippen molar-refractivity contribution < 1.29 is 34.2 Å². The zero-order valence-electron chi connectivity index (χ0n) is 25.4. The average molecular weight is 627 g/mol. The Labute approximate surface area is 269 Å². The number of carboxylic acid groups (broad SMARTS) is 1. The fourth-order valence-electron chi connectivity index (χ4n) is 8.72. The molecule has 3 fully saturated rings. The molecule has 0 unspecified atom stereocenters. The van der Waals surface area contributed by atoms with Crippen LogP contribution in [-0.4, -0.2) is 39.8 Å². The monoisotopic (exact) mass is 626 g/mol. The summed E-state index contributed by atoms with van der Waals surface area (Å²) in [6.45, 7) is 1.79. The lowest BCUT2D eigenvalue weighted by atomic mass is 9.51. The fraction of sp³-hybridized carbons (Fsp3) is 0.237. The number of phenolic OH excluding ortho intramolecular Hbond substituents is 1. The van der Waals surface area contributed by atoms with E-state index in [1.54, 1.807) is 55.5 Å². The second-order valence-corrected chi connectivity index (χ2v) is 13.1. The number of imide groups is 2. The Balaban J connectivity index is 1.29. The van der Waals surface area contributed by atoms with E-state index in [1.165, 1.54) is 23.1 Å². The van der Waals surface area contributed by atoms with Crippen LogP contribution in [0.15, 0.2) is 103 Å². The summed E-state index contributed by atoms with van der Waals surface area (Å²) in [5, 5.41) is 22.8. The molecule has 4 aliphatic rings. The van der Waals surface area contributed by atoms with Gasteiger partial charge in [0.1, 0.15) is 5.75 Å². The zero-order chi connectivity index (χ0) is 32.8. The van der Waals surface area contributed by atoms with Crippen molar-refractivity contribution in [3.8, 4) is 5.75 Å². The Bertz CT molecular complexity index is 2090. The summed E-state index contributed by atoms with van der Waals surface area (Å²) in [7, 11) is 0. The molecular weight excluding hydrogens is 596 g/mol. The van der Waals surface area contributed by atoms with Crippen LogP contribution in [0.4, 0.5) is 11.4 Å². The van der Waals surface area contributed by atoms with Crippen LogP contribution < -0.4 is 9.80 Å². The first-order valence-corrected chi connectivity index (χ1v) is 15.7. The molecule has 6 atom stereocenters. The standard InChI is InChI=1S/C38H30N2O7/c1-38-29(34(43)40(37(38)47)22-10-3-2-4-11-22)19-28-25(31(38)27-15-14-20-8-5-6-13-24(20)32(27)41)16-17-26-30(28)35(44)39(33(26)42)23-12-7-9-21(18-23)36(45)46/h2-16,18,26,28-31,41H,17,19H2,1H3,(H,45,46)/t26-,28+,29-,30-,31+,38+/m0/s1. The van der Waals surface area contributed by atoms with Crippen molar-refractivity contribution in [3.05, 3.63) is 114 Å². The van der Waals surface area contributed by atoms with Gasteiger partial charge in [-0.3, -0.25) is 24.1 Å². The first-order chi connectivity index (χ1) is 22.6. The van der Waals surface area contributed by atoms with E-state index in [0.29, 0.717) is 16.6 Å². The highest BCUT2D eigenvalue weighted by molar-refractivity contribution is 6.25. The number of aromatic carboxylic acids is 1. The fourth-order valence-corrected chi connectivity index (χ4v) is 8.72. The SMILES string of the molecule is C[C@@]12C(=O)N(c3ccccc3)C(=O)[C@@H]1C[C@@H]1C(=CC[C@@H]3C(=O)N(c4cccc(C(=O)O)c4)C(=O)[C@@H]31)[C@@H]2c1ccc2ccccc2c1O. The minimum absolute atomic E-state index is 0.0103. The number of hydrogen-bond acceptors (Lipinski definition) is 6. The smallest absolute Gasteiger partial charge is 0.335 e. The number of anilines is 2. The van der Waals surface area contributed by atoms with Crippen LogP contribution in [0.1, 0.15) is 41.6 Å². The van der Waals surface area contributed by atoms with E-state index in [-0.39, 0.29) is 41.7 Å². The molecule has 0 radical (unpaired) electrons. The molecule has 0 spiro atoms. The van der Waals surface area contributed by atoms with Crippen molar-refractivity contribution in [2.24, 2.45) is 29.1 Å². The Morgan fingerprint density at radius 1 is 0.787 bits per heavy atom. The van der Waals surface area contributed by atoms with Crippen molar-refractivity contribution in [1.29, 1.82) is 0 Å². The van der Waals surface area contributed by atoms with Gasteiger partial charge in [0.2, 0.25) is 23.6 Å². The number of benzene rings is 4. The molecule has 8 rings (SSSR count). The molecule has 2 saturated heterocycles. The zero-order valence-corrected chi connectivity index (χ0v) is 25.4. The molecule has 9 heteroatoms. The minimum atomic E-state index is -1.29. The number of amides is 4. The van der Waals surface area contributed by atoms with Crippen molar-refractivity contribution in [2.45, 2.75) is 25.7 Å². The van der Waals surface area contributed by atoms with Gasteiger partial charge in [0.15, 0.2) is 0 Å². The molecule has 2 aliphatic heterocycles. The maximum atomic E-state index is 14.6. The summed E-state index contributed by atoms with van der Waals surface area (Å²) in [6, 6.07) is 25.6. The van der Waals surface area contributed by atoms with Gasteiger partial charge in [-0.2, -0.15) is 0 Å². The van der Waals surface area contributed by atoms with E-state index in [4.69, 9.17) is 0 Å². The summed E-state index contributed by atoms with van der Waals surface area (Å²) in [5.41, 5.74) is 0.545. The Kier molecular flexibility index (Phi) is 6.28. The van der Waals surface area contributed by atoms with E-state index in [1.807, 2.05) is 30.3 Å². The maximum Gasteiger partial charge on any atom is 0.335 e. The molecule has 2 heterocycles. The number of para-hydroxylation sites is 1. The Hall–Kier alpha value is -5.57. The normalized spacial score (nSPS) is 28.3. The van der Waals surface area contributed by atoms with Gasteiger partial charge in [-0.1, -0.05) is 72.3 Å². The third-order valence-corrected chi connectivity index (χ3v) is 10.9. The van der Waals surface area contributed by atoms with Crippen molar-refractivity contribution in [1.82, 2.24) is 0 Å². The highest BCUT2D eigenvalue weighted by Gasteiger charge is 2.68. The van der Waals surface area contributed by atoms with Crippen LogP contribution in [0.25, 0.3) is 10.8 Å². The molecule has 9 nitrogen and oxygen atoms in total. The van der Waals surface area contributed by atoms with Crippen LogP contribution in [-0.2, 0) is 19.2 Å². The van der Waals surface area contributed by atoms with Gasteiger partial charge in [0.25, 0.3) is 0 Å². The van der Waals surface area contributed by atoms with Gasteiger partial charge in [-0.15, -0.1) is 0 Å². The van der Waals surface area contributed by atoms with Crippen LogP contribution in [0.2, 0.25) is 0 Å². The molecule has 0 bridgehead atoms. The molecule has 1 saturated carbocycles. The number of rotatable bonds is 4. The minimum Gasteiger partial charge on any atom is -0.507 e. The molecule has 234 valence electrons. The van der Waals surface area contributed by atoms with E-state index in [2.05, 4.69) is 0 Å². The molecule has 4 aromatic carbocycles. The number of carbonyl (C=O) groups excluding carboxylic acids is 4. The maximum absolute atomic E-state index is 14.6. The molecule has 0 aromatic heterocycles. The van der Waals surface area contributed by atoms with Gasteiger partial charge >= 0.3 is 5.97 Å². The molecule has 47 heavy (non-hydrogen) atoms. The van der Waals surface area contributed by atoms with Gasteiger partial charge in [0, 0.05) is 16.9 Å². The molecule has 2 aliphatic carbocycles. The highest BCUT2D eigenvalue weighted by atomic mass is 16.4. The number of phenols is 1. The van der Waals surface area contributed by atoms with Crippen LogP contribution >= 0.6 is 0 Å². The third kappa shape index (κ3) is 3.92. The highest BCUT2D eigenvalue weighted by Crippen LogP contribution is 2.64. The second-order valence-electron chi connectivity index (χ2n) is 13.1. The first-order valence-electron chi connectivity index (χ1n) is 15.7. The number of allylic oxidation sites excluding steroid dienone is 2. The summed E-state index contributed by atoms with van der Waals surface area (Å²) < 4.78 is 0. The summed E-state index contributed by atoms with van der Waals surface area (Å²) in [4.78, 5) is 71.1. The number of nitrogens with zero attached hydrogens (tertiary/aromatic N) is 2. The quantitative estimate of drug-likeness (QED) is 0.220. The number of carbonyl (C=O) groups is 5. The van der Waals surface area contributed by atoms with Crippen LogP contribution in [0, 0.1) is 29.1 Å². The van der Waals surface area contributed by atoms with E-state index in [9.17, 15) is 34.2 Å². The predicted molar refractivity (Wildman–Crippen MR) is 173 cm³/mol. The van der Waals surface area contributed by atoms with Gasteiger partial charge in [-0.05, 0) is 61.4 Å². The Morgan fingerprint density at radius 2 is 1.51 bits per heavy atom. The second kappa shape index (κ2) is 10.2. The van der Waals surface area contributed by atoms with Crippen LogP contribution in [0.3, 0.4) is 0 Å². The largest absolute Gasteiger partial charge is 0.507 e. The molecular formula is C38H30N2O7. The van der Waals surface area contributed by atoms with Crippen molar-refractivity contribution in [2.75, 3.05) is 9.80 Å². The van der Waals surface area contributed by atoms with Gasteiger partial charge in [0.05, 0.1) is 40.1 Å². The number of fused-ring (bicyclic) bond motifs is 5. The van der Waals surface area contributed by atoms with E-state index < -0.39 is 52.8 Å². The number of aromatic hydroxyl groups is 1. The summed E-state index contributed by atoms with van der Waals surface area (Å²) in [5.74, 6) is -6.49. The Morgan fingerprint density at radius 3 is 2.28 bits per heavy atom. The molecule has 4 amide bonds. The number of carboxylic acids is 1. The molecule has 4 aromatic rings. The predicted octanol–water partition coefficient (Wildman–Crippen LogP) is 5.68. The summed E-state index contributed by atoms with van der Waals surface area (Å²) >= 11 is 0. The lowest BCUT2D eigenvalue weighted by Crippen LogP contribution is -2.48. The lowest BCUT2D eigenvalue weighted by molar-refractivity contribution is -0.131. The van der Waals surface area contributed by atoms with Gasteiger partial charge in [-0.25, -0.2) is 9.69 Å². The topological polar surface area (TPSA) is 132 Å². The third-order valence-electron chi connectivity index (χ3n) is 10.9. The van der Waals surface area contributed by atoms with Crippen molar-refractivity contribution in [3.63, 3.8) is 0 Å². The number of hydrogen-bond donors (Lipinski definition) is 2. The van der Waals surface area contributed by atoms with Crippen molar-refractivity contribution >= 4 is 51.7 Å². The average Bonchev–Trinajstić information content (AvgIpc) is 3.45. The van der Waals surface area contributed by atoms with E-state index >= 15 is 0 Å². The lowest BCUT2D eigenvalue weighted by Gasteiger charge is -2.49.